The highest BCUT2D eigenvalue weighted by atomic mass is 16.5. The monoisotopic (exact) mass is 408 g/mol. The molecule has 30 heavy (non-hydrogen) atoms. The van der Waals surface area contributed by atoms with Gasteiger partial charge in [0.1, 0.15) is 13.2 Å². The van der Waals surface area contributed by atoms with Gasteiger partial charge in [0.2, 0.25) is 0 Å². The van der Waals surface area contributed by atoms with Crippen molar-refractivity contribution in [1.29, 1.82) is 0 Å². The highest BCUT2D eigenvalue weighted by Crippen LogP contribution is 2.09. The number of carbonyl (C=O) groups excluding carboxylic acids is 3. The largest absolute Gasteiger partial charge is 0.458 e. The molecule has 0 spiro atoms. The van der Waals surface area contributed by atoms with E-state index in [0.717, 1.165) is 17.2 Å². The summed E-state index contributed by atoms with van der Waals surface area (Å²) in [5, 5.41) is 2.54. The molecule has 0 unspecified atom stereocenters. The molecule has 0 fully saturated rings. The number of nitrogens with one attached hydrogen (secondary N) is 1. The molecule has 2 rings (SSSR count). The Morgan fingerprint density at radius 1 is 0.900 bits per heavy atom. The number of aliphatic imine (C=N–C) groups is 1. The third kappa shape index (κ3) is 8.52. The van der Waals surface area contributed by atoms with Gasteiger partial charge in [-0.05, 0) is 24.5 Å². The lowest BCUT2D eigenvalue weighted by atomic mass is 10.1. The Hall–Kier alpha value is -3.74. The molecule has 7 heteroatoms. The Bertz CT molecular complexity index is 892. The predicted octanol–water partition coefficient (Wildman–Crippen LogP) is 3.59. The molecule has 0 bridgehead atoms. The van der Waals surface area contributed by atoms with Crippen LogP contribution in [-0.2, 0) is 32.3 Å². The van der Waals surface area contributed by atoms with E-state index in [1.807, 2.05) is 60.7 Å². The van der Waals surface area contributed by atoms with E-state index in [1.54, 1.807) is 6.92 Å². The van der Waals surface area contributed by atoms with Crippen LogP contribution in [0.25, 0.3) is 0 Å². The summed E-state index contributed by atoms with van der Waals surface area (Å²) < 4.78 is 10.5. The summed E-state index contributed by atoms with van der Waals surface area (Å²) in [6, 6.07) is 17.9. The number of esters is 2. The van der Waals surface area contributed by atoms with E-state index in [1.165, 1.54) is 6.21 Å². The van der Waals surface area contributed by atoms with E-state index in [-0.39, 0.29) is 31.8 Å². The Balaban J connectivity index is 1.98. The first-order valence-corrected chi connectivity index (χ1v) is 9.47. The van der Waals surface area contributed by atoms with Crippen LogP contribution < -0.4 is 5.32 Å². The standard InChI is InChI=1S/C23H24N2O5/c1-2-24-23(28)25-14-13-20(22(27)30-17-19-11-7-4-8-12-19)15-21(26)29-16-18-9-5-3-6-10-18/h2-12,15H,13-14,16-17H2,1H3,(H,25,28)/b20-15+,24-2?. The van der Waals surface area contributed by atoms with Gasteiger partial charge < -0.3 is 14.8 Å². The van der Waals surface area contributed by atoms with Gasteiger partial charge in [-0.25, -0.2) is 19.4 Å². The second-order valence-corrected chi connectivity index (χ2v) is 6.19. The smallest absolute Gasteiger partial charge is 0.340 e. The highest BCUT2D eigenvalue weighted by molar-refractivity contribution is 5.96. The quantitative estimate of drug-likeness (QED) is 0.389. The van der Waals surface area contributed by atoms with Crippen molar-refractivity contribution in [2.24, 2.45) is 4.99 Å². The molecule has 0 atom stereocenters. The van der Waals surface area contributed by atoms with Gasteiger partial charge in [0, 0.05) is 24.4 Å². The second kappa shape index (κ2) is 12.7. The number of rotatable bonds is 9. The summed E-state index contributed by atoms with van der Waals surface area (Å²) in [6.07, 6.45) is 2.56. The van der Waals surface area contributed by atoms with Crippen molar-refractivity contribution in [3.8, 4) is 0 Å². The fourth-order valence-electron chi connectivity index (χ4n) is 2.43. The van der Waals surface area contributed by atoms with Gasteiger partial charge in [-0.3, -0.25) is 0 Å². The minimum Gasteiger partial charge on any atom is -0.458 e. The van der Waals surface area contributed by atoms with Crippen LogP contribution in [0, 0.1) is 0 Å². The van der Waals surface area contributed by atoms with Gasteiger partial charge in [-0.1, -0.05) is 60.7 Å². The Kier molecular flexibility index (Phi) is 9.52. The van der Waals surface area contributed by atoms with Gasteiger partial charge >= 0.3 is 18.0 Å². The van der Waals surface area contributed by atoms with E-state index in [0.29, 0.717) is 0 Å². The van der Waals surface area contributed by atoms with Crippen LogP contribution in [-0.4, -0.2) is 30.7 Å². The van der Waals surface area contributed by atoms with Gasteiger partial charge in [0.05, 0.1) is 0 Å². The number of carbonyl (C=O) groups is 3. The van der Waals surface area contributed by atoms with Gasteiger partial charge in [0.15, 0.2) is 0 Å². The van der Waals surface area contributed by atoms with E-state index in [9.17, 15) is 14.4 Å². The molecule has 0 saturated heterocycles. The molecule has 7 nitrogen and oxygen atoms in total. The first-order valence-electron chi connectivity index (χ1n) is 9.47. The number of ether oxygens (including phenoxy) is 2. The molecule has 2 amide bonds. The average Bonchev–Trinajstić information content (AvgIpc) is 2.77. The van der Waals surface area contributed by atoms with Crippen molar-refractivity contribution >= 4 is 24.2 Å². The van der Waals surface area contributed by atoms with Gasteiger partial charge in [0.25, 0.3) is 0 Å². The molecular weight excluding hydrogens is 384 g/mol. The summed E-state index contributed by atoms with van der Waals surface area (Å²) in [5.41, 5.74) is 1.75. The zero-order valence-electron chi connectivity index (χ0n) is 16.7. The Morgan fingerprint density at radius 3 is 2.03 bits per heavy atom. The normalized spacial score (nSPS) is 11.2. The van der Waals surface area contributed by atoms with Crippen LogP contribution in [0.4, 0.5) is 4.79 Å². The maximum absolute atomic E-state index is 12.5. The van der Waals surface area contributed by atoms with E-state index in [2.05, 4.69) is 10.3 Å². The number of amides is 2. The fourth-order valence-corrected chi connectivity index (χ4v) is 2.43. The molecule has 1 N–H and O–H groups in total. The molecule has 0 heterocycles. The van der Waals surface area contributed by atoms with Crippen LogP contribution in [0.2, 0.25) is 0 Å². The van der Waals surface area contributed by atoms with Crippen molar-refractivity contribution < 1.29 is 23.9 Å². The lowest BCUT2D eigenvalue weighted by Crippen LogP contribution is -2.23. The molecule has 156 valence electrons. The minimum atomic E-state index is -0.664. The van der Waals surface area contributed by atoms with Crippen molar-refractivity contribution in [2.45, 2.75) is 26.6 Å². The van der Waals surface area contributed by atoms with Crippen LogP contribution in [0.1, 0.15) is 24.5 Å². The first-order chi connectivity index (χ1) is 14.6. The summed E-state index contributed by atoms with van der Waals surface area (Å²) in [6.45, 7) is 1.90. The SMILES string of the molecule is CC=NC(=O)NCC/C(=C\C(=O)OCc1ccccc1)C(=O)OCc1ccccc1. The summed E-state index contributed by atoms with van der Waals surface area (Å²) in [4.78, 5) is 39.7. The first kappa shape index (κ1) is 22.5. The van der Waals surface area contributed by atoms with E-state index >= 15 is 0 Å². The fraction of sp³-hybridized carbons (Fsp3) is 0.217. The third-order valence-electron chi connectivity index (χ3n) is 3.91. The maximum Gasteiger partial charge on any atom is 0.340 e. The number of hydrogen-bond acceptors (Lipinski definition) is 5. The molecular formula is C23H24N2O5. The molecule has 0 aromatic heterocycles. The second-order valence-electron chi connectivity index (χ2n) is 6.19. The average molecular weight is 408 g/mol. The highest BCUT2D eigenvalue weighted by Gasteiger charge is 2.15. The number of urea groups is 1. The molecule has 0 radical (unpaired) electrons. The number of hydrogen-bond donors (Lipinski definition) is 1. The zero-order valence-corrected chi connectivity index (χ0v) is 16.7. The van der Waals surface area contributed by atoms with Crippen LogP contribution in [0.5, 0.6) is 0 Å². The Morgan fingerprint density at radius 2 is 1.47 bits per heavy atom. The van der Waals surface area contributed by atoms with E-state index in [4.69, 9.17) is 9.47 Å². The molecule has 2 aromatic carbocycles. The lowest BCUT2D eigenvalue weighted by Gasteiger charge is -2.09. The molecule has 2 aromatic rings. The Labute approximate surface area is 175 Å². The van der Waals surface area contributed by atoms with Gasteiger partial charge in [-0.2, -0.15) is 0 Å². The van der Waals surface area contributed by atoms with Gasteiger partial charge in [-0.15, -0.1) is 0 Å². The van der Waals surface area contributed by atoms with Crippen molar-refractivity contribution in [3.63, 3.8) is 0 Å². The number of benzene rings is 2. The van der Waals surface area contributed by atoms with Crippen molar-refractivity contribution in [3.05, 3.63) is 83.4 Å². The topological polar surface area (TPSA) is 94.1 Å². The summed E-state index contributed by atoms with van der Waals surface area (Å²) >= 11 is 0. The van der Waals surface area contributed by atoms with Crippen molar-refractivity contribution in [2.75, 3.05) is 6.54 Å². The minimum absolute atomic E-state index is 0.0720. The van der Waals surface area contributed by atoms with Crippen LogP contribution in [0.3, 0.4) is 0 Å². The molecule has 0 aliphatic heterocycles. The lowest BCUT2D eigenvalue weighted by molar-refractivity contribution is -0.142. The molecule has 0 aliphatic rings. The molecule has 0 aliphatic carbocycles. The summed E-state index contributed by atoms with van der Waals surface area (Å²) in [5.74, 6) is -1.31. The molecule has 0 saturated carbocycles. The van der Waals surface area contributed by atoms with Crippen molar-refractivity contribution in [1.82, 2.24) is 5.32 Å². The van der Waals surface area contributed by atoms with E-state index < -0.39 is 18.0 Å². The zero-order chi connectivity index (χ0) is 21.6. The third-order valence-corrected chi connectivity index (χ3v) is 3.91. The summed E-state index contributed by atoms with van der Waals surface area (Å²) in [7, 11) is 0. The predicted molar refractivity (Wildman–Crippen MR) is 113 cm³/mol. The number of nitrogens with zero attached hydrogens (tertiary/aromatic N) is 1. The van der Waals surface area contributed by atoms with Crippen LogP contribution >= 0.6 is 0 Å². The maximum atomic E-state index is 12.5. The van der Waals surface area contributed by atoms with Crippen LogP contribution in [0.15, 0.2) is 77.3 Å².